The molecule has 2 N–H and O–H groups in total. The van der Waals surface area contributed by atoms with Gasteiger partial charge in [0.1, 0.15) is 11.9 Å². The van der Waals surface area contributed by atoms with Crippen molar-refractivity contribution >= 4 is 5.78 Å². The molecule has 0 aromatic carbocycles. The molecule has 1 fully saturated rings. The summed E-state index contributed by atoms with van der Waals surface area (Å²) in [5.41, 5.74) is 5.48. The number of carbonyl (C=O) groups excluding carboxylic acids is 1. The molecule has 2 heterocycles. The number of Topliss-reactive ketones (excluding diaryl/α,β-unsaturated/α-hetero) is 1. The van der Waals surface area contributed by atoms with Crippen LogP contribution in [0.4, 0.5) is 0 Å². The van der Waals surface area contributed by atoms with Gasteiger partial charge in [-0.1, -0.05) is 0 Å². The first kappa shape index (κ1) is 10.4. The van der Waals surface area contributed by atoms with Gasteiger partial charge in [-0.2, -0.15) is 0 Å². The van der Waals surface area contributed by atoms with Gasteiger partial charge >= 0.3 is 0 Å². The smallest absolute Gasteiger partial charge is 0.169 e. The van der Waals surface area contributed by atoms with Crippen LogP contribution in [-0.4, -0.2) is 24.5 Å². The van der Waals surface area contributed by atoms with Gasteiger partial charge in [-0.25, -0.2) is 0 Å². The minimum Gasteiger partial charge on any atom is -0.469 e. The molecule has 0 amide bonds. The van der Waals surface area contributed by atoms with Crippen molar-refractivity contribution in [3.05, 3.63) is 24.2 Å². The molecule has 15 heavy (non-hydrogen) atoms. The minimum atomic E-state index is -0.288. The second-order valence-electron chi connectivity index (χ2n) is 3.78. The molecule has 1 aliphatic rings. The van der Waals surface area contributed by atoms with E-state index in [9.17, 15) is 4.79 Å². The van der Waals surface area contributed by atoms with Gasteiger partial charge in [0.05, 0.1) is 18.8 Å². The zero-order chi connectivity index (χ0) is 10.7. The summed E-state index contributed by atoms with van der Waals surface area (Å²) in [6, 6.07) is 3.58. The van der Waals surface area contributed by atoms with Crippen molar-refractivity contribution in [2.45, 2.75) is 31.5 Å². The average Bonchev–Trinajstić information content (AvgIpc) is 2.86. The summed E-state index contributed by atoms with van der Waals surface area (Å²) in [5.74, 6) is 0.778. The number of rotatable bonds is 4. The molecular weight excluding hydrogens is 194 g/mol. The molecule has 1 aromatic heterocycles. The first-order valence-corrected chi connectivity index (χ1v) is 5.20. The minimum absolute atomic E-state index is 0.0514. The van der Waals surface area contributed by atoms with Crippen LogP contribution in [0.5, 0.6) is 0 Å². The normalized spacial score (nSPS) is 25.7. The molecule has 0 saturated carbocycles. The molecule has 1 saturated heterocycles. The number of hydrogen-bond donors (Lipinski definition) is 1. The highest BCUT2D eigenvalue weighted by atomic mass is 16.5. The molecule has 1 aliphatic heterocycles. The lowest BCUT2D eigenvalue weighted by molar-refractivity contribution is -0.129. The molecule has 0 spiro atoms. The van der Waals surface area contributed by atoms with E-state index < -0.39 is 0 Å². The van der Waals surface area contributed by atoms with E-state index in [1.807, 2.05) is 0 Å². The van der Waals surface area contributed by atoms with Crippen LogP contribution >= 0.6 is 0 Å². The van der Waals surface area contributed by atoms with Gasteiger partial charge in [0.25, 0.3) is 0 Å². The van der Waals surface area contributed by atoms with E-state index in [4.69, 9.17) is 14.9 Å². The highest BCUT2D eigenvalue weighted by Crippen LogP contribution is 2.20. The first-order chi connectivity index (χ1) is 7.29. The Morgan fingerprint density at radius 2 is 2.40 bits per heavy atom. The van der Waals surface area contributed by atoms with E-state index >= 15 is 0 Å². The Labute approximate surface area is 88.4 Å². The Bertz CT molecular complexity index is 321. The Morgan fingerprint density at radius 1 is 1.53 bits per heavy atom. The van der Waals surface area contributed by atoms with Gasteiger partial charge in [0.2, 0.25) is 0 Å². The van der Waals surface area contributed by atoms with E-state index in [0.29, 0.717) is 18.7 Å². The number of nitrogens with two attached hydrogens (primary N) is 1. The first-order valence-electron chi connectivity index (χ1n) is 5.20. The van der Waals surface area contributed by atoms with Crippen LogP contribution < -0.4 is 5.73 Å². The number of carbonyl (C=O) groups is 1. The maximum Gasteiger partial charge on any atom is 0.169 e. The molecule has 2 atom stereocenters. The Hall–Kier alpha value is -1.13. The van der Waals surface area contributed by atoms with E-state index in [-0.39, 0.29) is 18.0 Å². The molecule has 82 valence electrons. The van der Waals surface area contributed by atoms with Crippen molar-refractivity contribution < 1.29 is 13.9 Å². The van der Waals surface area contributed by atoms with Gasteiger partial charge in [-0.3, -0.25) is 4.79 Å². The Kier molecular flexibility index (Phi) is 3.18. The highest BCUT2D eigenvalue weighted by molar-refractivity contribution is 5.85. The second-order valence-corrected chi connectivity index (χ2v) is 3.78. The third-order valence-corrected chi connectivity index (χ3v) is 2.66. The van der Waals surface area contributed by atoms with Crippen molar-refractivity contribution in [3.63, 3.8) is 0 Å². The topological polar surface area (TPSA) is 65.5 Å². The fourth-order valence-electron chi connectivity index (χ4n) is 1.81. The lowest BCUT2D eigenvalue weighted by atomic mass is 10.1. The largest absolute Gasteiger partial charge is 0.469 e. The van der Waals surface area contributed by atoms with Crippen LogP contribution in [0.3, 0.4) is 0 Å². The van der Waals surface area contributed by atoms with Crippen molar-refractivity contribution in [3.8, 4) is 0 Å². The second kappa shape index (κ2) is 4.59. The zero-order valence-electron chi connectivity index (χ0n) is 8.52. The summed E-state index contributed by atoms with van der Waals surface area (Å²) in [5, 5.41) is 0. The average molecular weight is 209 g/mol. The highest BCUT2D eigenvalue weighted by Gasteiger charge is 2.29. The SMILES string of the molecule is NCC1CCC(C(=O)Cc2ccco2)O1. The summed E-state index contributed by atoms with van der Waals surface area (Å²) >= 11 is 0. The van der Waals surface area contributed by atoms with Crippen molar-refractivity contribution in [2.75, 3.05) is 6.54 Å². The molecule has 1 aromatic rings. The number of hydrogen-bond acceptors (Lipinski definition) is 4. The molecule has 0 aliphatic carbocycles. The predicted molar refractivity (Wildman–Crippen MR) is 54.4 cm³/mol. The van der Waals surface area contributed by atoms with Crippen LogP contribution in [0.15, 0.2) is 22.8 Å². The number of ketones is 1. The van der Waals surface area contributed by atoms with Crippen LogP contribution in [-0.2, 0) is 16.0 Å². The van der Waals surface area contributed by atoms with Crippen LogP contribution in [0.1, 0.15) is 18.6 Å². The van der Waals surface area contributed by atoms with Crippen LogP contribution in [0, 0.1) is 0 Å². The van der Waals surface area contributed by atoms with Gasteiger partial charge in [0, 0.05) is 6.54 Å². The summed E-state index contributed by atoms with van der Waals surface area (Å²) < 4.78 is 10.6. The Morgan fingerprint density at radius 3 is 3.00 bits per heavy atom. The summed E-state index contributed by atoms with van der Waals surface area (Å²) in [7, 11) is 0. The summed E-state index contributed by atoms with van der Waals surface area (Å²) in [6.07, 6.45) is 3.31. The van der Waals surface area contributed by atoms with E-state index in [1.165, 1.54) is 0 Å². The van der Waals surface area contributed by atoms with E-state index in [2.05, 4.69) is 0 Å². The van der Waals surface area contributed by atoms with Crippen molar-refractivity contribution in [2.24, 2.45) is 5.73 Å². The predicted octanol–water partition coefficient (Wildman–Crippen LogP) is 0.897. The van der Waals surface area contributed by atoms with E-state index in [1.54, 1.807) is 18.4 Å². The third-order valence-electron chi connectivity index (χ3n) is 2.66. The number of furan rings is 1. The van der Waals surface area contributed by atoms with Crippen LogP contribution in [0.2, 0.25) is 0 Å². The maximum atomic E-state index is 11.7. The molecule has 2 unspecified atom stereocenters. The molecule has 4 heteroatoms. The van der Waals surface area contributed by atoms with E-state index in [0.717, 1.165) is 12.8 Å². The fraction of sp³-hybridized carbons (Fsp3) is 0.545. The van der Waals surface area contributed by atoms with Gasteiger partial charge in [0.15, 0.2) is 5.78 Å². The summed E-state index contributed by atoms with van der Waals surface area (Å²) in [4.78, 5) is 11.7. The maximum absolute atomic E-state index is 11.7. The van der Waals surface area contributed by atoms with Crippen molar-refractivity contribution in [1.29, 1.82) is 0 Å². The Balaban J connectivity index is 1.87. The number of ether oxygens (including phenoxy) is 1. The molecular formula is C11H15NO3. The monoisotopic (exact) mass is 209 g/mol. The summed E-state index contributed by atoms with van der Waals surface area (Å²) in [6.45, 7) is 0.491. The lowest BCUT2D eigenvalue weighted by Crippen LogP contribution is -2.26. The van der Waals surface area contributed by atoms with Crippen LogP contribution in [0.25, 0.3) is 0 Å². The molecule has 2 rings (SSSR count). The lowest BCUT2D eigenvalue weighted by Gasteiger charge is -2.10. The fourth-order valence-corrected chi connectivity index (χ4v) is 1.81. The van der Waals surface area contributed by atoms with Gasteiger partial charge < -0.3 is 14.9 Å². The zero-order valence-corrected chi connectivity index (χ0v) is 8.52. The standard InChI is InChI=1S/C11H15NO3/c12-7-9-3-4-11(15-9)10(13)6-8-2-1-5-14-8/h1-2,5,9,11H,3-4,6-7,12H2. The van der Waals surface area contributed by atoms with Gasteiger partial charge in [-0.05, 0) is 25.0 Å². The molecule has 4 nitrogen and oxygen atoms in total. The van der Waals surface area contributed by atoms with Gasteiger partial charge in [-0.15, -0.1) is 0 Å². The van der Waals surface area contributed by atoms with Crippen molar-refractivity contribution in [1.82, 2.24) is 0 Å². The third kappa shape index (κ3) is 2.46. The molecule has 0 radical (unpaired) electrons. The molecule has 0 bridgehead atoms. The quantitative estimate of drug-likeness (QED) is 0.800.